The minimum absolute atomic E-state index is 0. The summed E-state index contributed by atoms with van der Waals surface area (Å²) in [5.74, 6) is 0.758. The Balaban J connectivity index is 0.00000320. The monoisotopic (exact) mass is 519 g/mol. The van der Waals surface area contributed by atoms with Crippen LogP contribution in [0.15, 0.2) is 59.6 Å². The van der Waals surface area contributed by atoms with E-state index in [4.69, 9.17) is 4.74 Å². The van der Waals surface area contributed by atoms with Crippen molar-refractivity contribution in [2.45, 2.75) is 33.5 Å². The first kappa shape index (κ1) is 23.9. The standard InChI is InChI=1S/C23H29N5O.HI/c1-17-13-18(2)28(27-17)22-8-6-5-7-21(22)15-26-23(24-3)25-14-19-9-11-20(12-10-19)16-29-4;/h5-13H,14-16H2,1-4H3,(H2,24,25,26);1H. The molecule has 0 fully saturated rings. The van der Waals surface area contributed by atoms with E-state index in [1.54, 1.807) is 14.2 Å². The van der Waals surface area contributed by atoms with Crippen molar-refractivity contribution < 1.29 is 4.74 Å². The molecule has 2 aromatic carbocycles. The zero-order valence-corrected chi connectivity index (χ0v) is 20.3. The van der Waals surface area contributed by atoms with E-state index in [1.807, 2.05) is 23.7 Å². The van der Waals surface area contributed by atoms with E-state index in [0.29, 0.717) is 19.7 Å². The van der Waals surface area contributed by atoms with Crippen LogP contribution >= 0.6 is 24.0 Å². The second-order valence-corrected chi connectivity index (χ2v) is 7.00. The molecule has 3 rings (SSSR count). The first-order valence-electron chi connectivity index (χ1n) is 9.73. The molecule has 30 heavy (non-hydrogen) atoms. The van der Waals surface area contributed by atoms with Crippen LogP contribution in [0.1, 0.15) is 28.1 Å². The normalized spacial score (nSPS) is 11.1. The molecule has 6 nitrogen and oxygen atoms in total. The summed E-state index contributed by atoms with van der Waals surface area (Å²) in [6, 6.07) is 18.7. The number of ether oxygens (including phenoxy) is 1. The molecule has 1 aromatic heterocycles. The molecule has 0 unspecified atom stereocenters. The smallest absolute Gasteiger partial charge is 0.191 e. The summed E-state index contributed by atoms with van der Waals surface area (Å²) in [4.78, 5) is 4.34. The molecule has 2 N–H and O–H groups in total. The minimum Gasteiger partial charge on any atom is -0.380 e. The van der Waals surface area contributed by atoms with E-state index in [1.165, 1.54) is 11.1 Å². The van der Waals surface area contributed by atoms with Crippen molar-refractivity contribution in [3.05, 3.63) is 82.7 Å². The lowest BCUT2D eigenvalue weighted by molar-refractivity contribution is 0.185. The maximum atomic E-state index is 5.16. The van der Waals surface area contributed by atoms with Crippen LogP contribution in [0.3, 0.4) is 0 Å². The number of nitrogens with one attached hydrogen (secondary N) is 2. The van der Waals surface area contributed by atoms with E-state index in [0.717, 1.165) is 28.6 Å². The number of nitrogens with zero attached hydrogens (tertiary/aromatic N) is 3. The van der Waals surface area contributed by atoms with Crippen molar-refractivity contribution in [2.24, 2.45) is 4.99 Å². The van der Waals surface area contributed by atoms with Gasteiger partial charge in [0.2, 0.25) is 0 Å². The van der Waals surface area contributed by atoms with Crippen molar-refractivity contribution in [1.82, 2.24) is 20.4 Å². The SMILES string of the molecule is CN=C(NCc1ccc(COC)cc1)NCc1ccccc1-n1nc(C)cc1C.I. The van der Waals surface area contributed by atoms with E-state index in [2.05, 4.69) is 70.1 Å². The first-order chi connectivity index (χ1) is 14.1. The summed E-state index contributed by atoms with van der Waals surface area (Å²) in [5.41, 5.74) is 6.73. The Morgan fingerprint density at radius 1 is 1.00 bits per heavy atom. The number of halogens is 1. The molecule has 160 valence electrons. The van der Waals surface area contributed by atoms with Crippen LogP contribution in [0.25, 0.3) is 5.69 Å². The lowest BCUT2D eigenvalue weighted by atomic mass is 10.1. The highest BCUT2D eigenvalue weighted by Crippen LogP contribution is 2.17. The second kappa shape index (κ2) is 11.7. The van der Waals surface area contributed by atoms with Crippen LogP contribution in [0.4, 0.5) is 0 Å². The largest absolute Gasteiger partial charge is 0.380 e. The summed E-state index contributed by atoms with van der Waals surface area (Å²) in [5, 5.41) is 11.4. The van der Waals surface area contributed by atoms with E-state index in [9.17, 15) is 0 Å². The Hall–Kier alpha value is -2.39. The van der Waals surface area contributed by atoms with E-state index in [-0.39, 0.29) is 24.0 Å². The van der Waals surface area contributed by atoms with Crippen LogP contribution in [0.5, 0.6) is 0 Å². The van der Waals surface area contributed by atoms with E-state index >= 15 is 0 Å². The van der Waals surface area contributed by atoms with Gasteiger partial charge in [-0.15, -0.1) is 24.0 Å². The molecule has 3 aromatic rings. The van der Waals surface area contributed by atoms with Crippen LogP contribution in [-0.4, -0.2) is 29.9 Å². The topological polar surface area (TPSA) is 63.5 Å². The van der Waals surface area contributed by atoms with Crippen molar-refractivity contribution in [1.29, 1.82) is 0 Å². The minimum atomic E-state index is 0. The average molecular weight is 519 g/mol. The van der Waals surface area contributed by atoms with Gasteiger partial charge in [-0.05, 0) is 42.7 Å². The number of aliphatic imine (C=N–C) groups is 1. The lowest BCUT2D eigenvalue weighted by Gasteiger charge is -2.15. The van der Waals surface area contributed by atoms with Gasteiger partial charge in [0.15, 0.2) is 5.96 Å². The van der Waals surface area contributed by atoms with Gasteiger partial charge < -0.3 is 15.4 Å². The molecule has 0 aliphatic heterocycles. The number of para-hydroxylation sites is 1. The zero-order chi connectivity index (χ0) is 20.6. The number of methoxy groups -OCH3 is 1. The van der Waals surface area contributed by atoms with Gasteiger partial charge in [-0.3, -0.25) is 4.99 Å². The van der Waals surface area contributed by atoms with Crippen molar-refractivity contribution in [3.8, 4) is 5.69 Å². The van der Waals surface area contributed by atoms with Gasteiger partial charge in [0, 0.05) is 32.9 Å². The van der Waals surface area contributed by atoms with Gasteiger partial charge in [-0.1, -0.05) is 42.5 Å². The molecule has 0 saturated heterocycles. The molecule has 0 aliphatic rings. The molecule has 0 spiro atoms. The summed E-state index contributed by atoms with van der Waals surface area (Å²) in [6.45, 7) is 6.07. The fraction of sp³-hybridized carbons (Fsp3) is 0.304. The highest BCUT2D eigenvalue weighted by atomic mass is 127. The summed E-state index contributed by atoms with van der Waals surface area (Å²) in [6.07, 6.45) is 0. The molecule has 1 heterocycles. The number of hydrogen-bond acceptors (Lipinski definition) is 3. The molecule has 0 aliphatic carbocycles. The number of rotatable bonds is 7. The Labute approximate surface area is 195 Å². The molecule has 0 atom stereocenters. The fourth-order valence-electron chi connectivity index (χ4n) is 3.25. The molecule has 0 bridgehead atoms. The third-order valence-corrected chi connectivity index (χ3v) is 4.69. The Kier molecular flexibility index (Phi) is 9.32. The Bertz CT molecular complexity index is 966. The third-order valence-electron chi connectivity index (χ3n) is 4.69. The maximum absolute atomic E-state index is 5.16. The highest BCUT2D eigenvalue weighted by Gasteiger charge is 2.09. The van der Waals surface area contributed by atoms with Crippen molar-refractivity contribution in [2.75, 3.05) is 14.2 Å². The van der Waals surface area contributed by atoms with Crippen LogP contribution in [0, 0.1) is 13.8 Å². The molecular weight excluding hydrogens is 489 g/mol. The maximum Gasteiger partial charge on any atom is 0.191 e. The predicted octanol–water partition coefficient (Wildman–Crippen LogP) is 4.12. The molecule has 0 saturated carbocycles. The summed E-state index contributed by atoms with van der Waals surface area (Å²) in [7, 11) is 3.49. The summed E-state index contributed by atoms with van der Waals surface area (Å²) >= 11 is 0. The molecule has 0 amide bonds. The van der Waals surface area contributed by atoms with Crippen LogP contribution in [0.2, 0.25) is 0 Å². The van der Waals surface area contributed by atoms with E-state index < -0.39 is 0 Å². The lowest BCUT2D eigenvalue weighted by Crippen LogP contribution is -2.36. The van der Waals surface area contributed by atoms with Crippen molar-refractivity contribution >= 4 is 29.9 Å². The Morgan fingerprint density at radius 3 is 2.30 bits per heavy atom. The number of benzene rings is 2. The second-order valence-electron chi connectivity index (χ2n) is 7.00. The Morgan fingerprint density at radius 2 is 1.67 bits per heavy atom. The van der Waals surface area contributed by atoms with Gasteiger partial charge in [-0.25, -0.2) is 4.68 Å². The van der Waals surface area contributed by atoms with Gasteiger partial charge in [0.05, 0.1) is 18.0 Å². The first-order valence-corrected chi connectivity index (χ1v) is 9.73. The molecule has 0 radical (unpaired) electrons. The van der Waals surface area contributed by atoms with Crippen LogP contribution < -0.4 is 10.6 Å². The van der Waals surface area contributed by atoms with Gasteiger partial charge in [0.25, 0.3) is 0 Å². The number of hydrogen-bond donors (Lipinski definition) is 2. The predicted molar refractivity (Wildman–Crippen MR) is 133 cm³/mol. The quantitative estimate of drug-likeness (QED) is 0.280. The average Bonchev–Trinajstić information content (AvgIpc) is 3.07. The van der Waals surface area contributed by atoms with Crippen LogP contribution in [-0.2, 0) is 24.4 Å². The number of aromatic nitrogens is 2. The zero-order valence-electron chi connectivity index (χ0n) is 18.0. The van der Waals surface area contributed by atoms with Gasteiger partial charge in [0.1, 0.15) is 0 Å². The third kappa shape index (κ3) is 6.30. The summed E-state index contributed by atoms with van der Waals surface area (Å²) < 4.78 is 7.15. The molecule has 7 heteroatoms. The van der Waals surface area contributed by atoms with Crippen molar-refractivity contribution in [3.63, 3.8) is 0 Å². The van der Waals surface area contributed by atoms with Gasteiger partial charge in [-0.2, -0.15) is 5.10 Å². The van der Waals surface area contributed by atoms with Gasteiger partial charge >= 0.3 is 0 Å². The fourth-order valence-corrected chi connectivity index (χ4v) is 3.25. The number of aryl methyl sites for hydroxylation is 2. The highest BCUT2D eigenvalue weighted by molar-refractivity contribution is 14.0. The number of guanidine groups is 1. The molecular formula is C23H30IN5O.